The van der Waals surface area contributed by atoms with E-state index in [9.17, 15) is 4.79 Å². The van der Waals surface area contributed by atoms with Crippen molar-refractivity contribution in [2.45, 2.75) is 25.8 Å². The molecule has 0 spiro atoms. The number of rotatable bonds is 2. The molecule has 1 saturated heterocycles. The Morgan fingerprint density at radius 3 is 3.05 bits per heavy atom. The largest absolute Gasteiger partial charge is 0.351 e. The summed E-state index contributed by atoms with van der Waals surface area (Å²) in [6.07, 6.45) is 1.86. The third-order valence-electron chi connectivity index (χ3n) is 4.08. The second-order valence-electron chi connectivity index (χ2n) is 5.63. The van der Waals surface area contributed by atoms with Crippen molar-refractivity contribution in [2.24, 2.45) is 0 Å². The number of carbonyl (C=O) groups excluding carboxylic acids is 1. The first-order valence-electron chi connectivity index (χ1n) is 7.41. The highest BCUT2D eigenvalue weighted by atomic mass is 16.5. The zero-order valence-corrected chi connectivity index (χ0v) is 12.2. The van der Waals surface area contributed by atoms with E-state index >= 15 is 0 Å². The molecule has 3 aromatic rings. The van der Waals surface area contributed by atoms with Crippen molar-refractivity contribution < 1.29 is 9.32 Å². The lowest BCUT2D eigenvalue weighted by atomic mass is 10.2. The number of benzene rings is 1. The van der Waals surface area contributed by atoms with Crippen LogP contribution in [0.5, 0.6) is 0 Å². The summed E-state index contributed by atoms with van der Waals surface area (Å²) < 4.78 is 5.11. The highest BCUT2D eigenvalue weighted by Gasteiger charge is 2.34. The van der Waals surface area contributed by atoms with E-state index in [0.29, 0.717) is 18.0 Å². The summed E-state index contributed by atoms with van der Waals surface area (Å²) in [5, 5.41) is 3.80. The van der Waals surface area contributed by atoms with E-state index in [1.165, 1.54) is 0 Å². The Morgan fingerprint density at radius 1 is 1.41 bits per heavy atom. The van der Waals surface area contributed by atoms with Gasteiger partial charge in [0.1, 0.15) is 5.82 Å². The maximum atomic E-state index is 12.6. The summed E-state index contributed by atoms with van der Waals surface area (Å²) in [6.45, 7) is 2.52. The number of amides is 1. The molecule has 4 rings (SSSR count). The molecule has 1 aromatic carbocycles. The summed E-state index contributed by atoms with van der Waals surface area (Å²) in [7, 11) is 0. The fourth-order valence-electron chi connectivity index (χ4n) is 3.03. The first-order valence-corrected chi connectivity index (χ1v) is 7.41. The van der Waals surface area contributed by atoms with Gasteiger partial charge in [0.15, 0.2) is 0 Å². The number of para-hydroxylation sites is 2. The van der Waals surface area contributed by atoms with Crippen LogP contribution in [0.2, 0.25) is 0 Å². The van der Waals surface area contributed by atoms with Crippen LogP contribution in [-0.4, -0.2) is 32.5 Å². The third-order valence-corrected chi connectivity index (χ3v) is 4.08. The zero-order chi connectivity index (χ0) is 15.1. The van der Waals surface area contributed by atoms with Crippen LogP contribution < -0.4 is 0 Å². The molecule has 1 aliphatic heterocycles. The summed E-state index contributed by atoms with van der Waals surface area (Å²) >= 11 is 0. The normalized spacial score (nSPS) is 18.2. The Morgan fingerprint density at radius 2 is 2.27 bits per heavy atom. The molecule has 1 aliphatic rings. The van der Waals surface area contributed by atoms with E-state index in [2.05, 4.69) is 15.1 Å². The number of aromatic amines is 1. The first-order chi connectivity index (χ1) is 10.7. The van der Waals surface area contributed by atoms with Gasteiger partial charge in [-0.3, -0.25) is 4.79 Å². The molecular formula is C16H16N4O2. The second kappa shape index (κ2) is 4.98. The van der Waals surface area contributed by atoms with Crippen LogP contribution in [0.25, 0.3) is 11.0 Å². The molecule has 1 N–H and O–H groups in total. The Labute approximate surface area is 127 Å². The van der Waals surface area contributed by atoms with Crippen LogP contribution in [0, 0.1) is 6.92 Å². The highest BCUT2D eigenvalue weighted by molar-refractivity contribution is 5.92. The van der Waals surface area contributed by atoms with Gasteiger partial charge in [0.05, 0.1) is 22.8 Å². The van der Waals surface area contributed by atoms with Crippen LogP contribution in [-0.2, 0) is 0 Å². The minimum Gasteiger partial charge on any atom is -0.351 e. The predicted molar refractivity (Wildman–Crippen MR) is 80.3 cm³/mol. The number of H-pyrrole nitrogens is 1. The van der Waals surface area contributed by atoms with Crippen LogP contribution in [0.1, 0.15) is 41.0 Å². The lowest BCUT2D eigenvalue weighted by Gasteiger charge is -2.21. The zero-order valence-electron chi connectivity index (χ0n) is 12.2. The third kappa shape index (κ3) is 2.07. The van der Waals surface area contributed by atoms with E-state index in [1.54, 1.807) is 13.0 Å². The van der Waals surface area contributed by atoms with Gasteiger partial charge in [0.25, 0.3) is 5.91 Å². The van der Waals surface area contributed by atoms with Gasteiger partial charge in [-0.25, -0.2) is 4.98 Å². The molecule has 1 atom stereocenters. The number of hydrogen-bond acceptors (Lipinski definition) is 4. The molecule has 6 nitrogen and oxygen atoms in total. The average molecular weight is 296 g/mol. The number of likely N-dealkylation sites (tertiary alicyclic amines) is 1. The number of hydrogen-bond donors (Lipinski definition) is 1. The number of nitrogens with one attached hydrogen (secondary N) is 1. The van der Waals surface area contributed by atoms with Gasteiger partial charge in [-0.15, -0.1) is 0 Å². The van der Waals surface area contributed by atoms with Gasteiger partial charge in [-0.05, 0) is 31.9 Å². The lowest BCUT2D eigenvalue weighted by Crippen LogP contribution is -2.30. The number of fused-ring (bicyclic) bond motifs is 1. The van der Waals surface area contributed by atoms with E-state index in [4.69, 9.17) is 4.52 Å². The summed E-state index contributed by atoms with van der Waals surface area (Å²) in [6, 6.07) is 9.53. The van der Waals surface area contributed by atoms with Gasteiger partial charge in [0, 0.05) is 12.6 Å². The van der Waals surface area contributed by atoms with Gasteiger partial charge in [-0.2, -0.15) is 0 Å². The average Bonchev–Trinajstić information content (AvgIpc) is 3.24. The van der Waals surface area contributed by atoms with Crippen molar-refractivity contribution >= 4 is 16.9 Å². The molecule has 3 heterocycles. The van der Waals surface area contributed by atoms with Crippen molar-refractivity contribution in [3.63, 3.8) is 0 Å². The SMILES string of the molecule is Cc1cc(C(=O)N2CCC[C@H]2c2nc3ccccc3[nH]2)on1. The molecule has 0 bridgehead atoms. The number of imidazole rings is 1. The lowest BCUT2D eigenvalue weighted by molar-refractivity contribution is 0.0688. The second-order valence-corrected chi connectivity index (χ2v) is 5.63. The molecule has 6 heteroatoms. The van der Waals surface area contributed by atoms with E-state index in [0.717, 1.165) is 29.7 Å². The molecule has 22 heavy (non-hydrogen) atoms. The number of aromatic nitrogens is 3. The summed E-state index contributed by atoms with van der Waals surface area (Å²) in [5.74, 6) is 1.01. The van der Waals surface area contributed by atoms with Crippen molar-refractivity contribution in [3.8, 4) is 0 Å². The van der Waals surface area contributed by atoms with Crippen LogP contribution in [0.15, 0.2) is 34.9 Å². The molecule has 0 radical (unpaired) electrons. The monoisotopic (exact) mass is 296 g/mol. The molecule has 0 saturated carbocycles. The van der Waals surface area contributed by atoms with Crippen molar-refractivity contribution in [1.29, 1.82) is 0 Å². The maximum absolute atomic E-state index is 12.6. The summed E-state index contributed by atoms with van der Waals surface area (Å²) in [5.41, 5.74) is 2.63. The van der Waals surface area contributed by atoms with E-state index in [1.807, 2.05) is 29.2 Å². The minimum atomic E-state index is -0.122. The van der Waals surface area contributed by atoms with Crippen molar-refractivity contribution in [2.75, 3.05) is 6.54 Å². The van der Waals surface area contributed by atoms with E-state index < -0.39 is 0 Å². The smallest absolute Gasteiger partial charge is 0.293 e. The molecule has 2 aromatic heterocycles. The van der Waals surface area contributed by atoms with E-state index in [-0.39, 0.29) is 11.9 Å². The number of aryl methyl sites for hydroxylation is 1. The van der Waals surface area contributed by atoms with Crippen LogP contribution in [0.3, 0.4) is 0 Å². The van der Waals surface area contributed by atoms with Crippen LogP contribution in [0.4, 0.5) is 0 Å². The number of nitrogens with zero attached hydrogens (tertiary/aromatic N) is 3. The fraction of sp³-hybridized carbons (Fsp3) is 0.312. The topological polar surface area (TPSA) is 75.0 Å². The Bertz CT molecular complexity index is 802. The number of carbonyl (C=O) groups is 1. The first kappa shape index (κ1) is 13.1. The van der Waals surface area contributed by atoms with Gasteiger partial charge < -0.3 is 14.4 Å². The highest BCUT2D eigenvalue weighted by Crippen LogP contribution is 2.32. The fourth-order valence-corrected chi connectivity index (χ4v) is 3.03. The molecule has 0 unspecified atom stereocenters. The molecule has 0 aliphatic carbocycles. The molecule has 112 valence electrons. The standard InChI is InChI=1S/C16H16N4O2/c1-10-9-14(22-19-10)16(21)20-8-4-7-13(20)15-17-11-5-2-3-6-12(11)18-15/h2-3,5-6,9,13H,4,7-8H2,1H3,(H,17,18)/t13-/m0/s1. The minimum absolute atomic E-state index is 0.0368. The van der Waals surface area contributed by atoms with Gasteiger partial charge in [-0.1, -0.05) is 17.3 Å². The van der Waals surface area contributed by atoms with Gasteiger partial charge >= 0.3 is 0 Å². The quantitative estimate of drug-likeness (QED) is 0.789. The summed E-state index contributed by atoms with van der Waals surface area (Å²) in [4.78, 5) is 22.4. The molecule has 1 amide bonds. The maximum Gasteiger partial charge on any atom is 0.293 e. The van der Waals surface area contributed by atoms with Crippen molar-refractivity contribution in [3.05, 3.63) is 47.6 Å². The van der Waals surface area contributed by atoms with Gasteiger partial charge in [0.2, 0.25) is 5.76 Å². The predicted octanol–water partition coefficient (Wildman–Crippen LogP) is 2.84. The molecular weight excluding hydrogens is 280 g/mol. The Balaban J connectivity index is 1.67. The van der Waals surface area contributed by atoms with Crippen LogP contribution >= 0.6 is 0 Å². The Kier molecular flexibility index (Phi) is 2.96. The Hall–Kier alpha value is -2.63. The molecule has 1 fully saturated rings. The van der Waals surface area contributed by atoms with Crippen molar-refractivity contribution in [1.82, 2.24) is 20.0 Å².